The van der Waals surface area contributed by atoms with Crippen molar-refractivity contribution in [3.63, 3.8) is 0 Å². The van der Waals surface area contributed by atoms with Crippen molar-refractivity contribution in [1.29, 1.82) is 0 Å². The van der Waals surface area contributed by atoms with Crippen molar-refractivity contribution in [3.05, 3.63) is 29.7 Å². The maximum absolute atomic E-state index is 13.7. The molecular formula is C11H11FN2O3. The van der Waals surface area contributed by atoms with E-state index in [1.165, 1.54) is 18.3 Å². The summed E-state index contributed by atoms with van der Waals surface area (Å²) in [5.41, 5.74) is 6.32. The van der Waals surface area contributed by atoms with E-state index in [9.17, 15) is 14.3 Å². The molecule has 2 rings (SSSR count). The third-order valence-electron chi connectivity index (χ3n) is 2.60. The highest BCUT2D eigenvalue weighted by Gasteiger charge is 2.18. The van der Waals surface area contributed by atoms with Gasteiger partial charge in [0.05, 0.1) is 0 Å². The number of hydrogen-bond donors (Lipinski definition) is 4. The molecule has 1 aromatic carbocycles. The number of halogens is 1. The zero-order valence-corrected chi connectivity index (χ0v) is 8.77. The Morgan fingerprint density at radius 3 is 2.88 bits per heavy atom. The Hall–Kier alpha value is -2.08. The number of rotatable bonds is 3. The van der Waals surface area contributed by atoms with Gasteiger partial charge in [0.2, 0.25) is 0 Å². The van der Waals surface area contributed by atoms with E-state index in [1.807, 2.05) is 0 Å². The summed E-state index contributed by atoms with van der Waals surface area (Å²) in [5.74, 6) is -2.39. The van der Waals surface area contributed by atoms with E-state index in [-0.39, 0.29) is 11.8 Å². The van der Waals surface area contributed by atoms with Crippen LogP contribution >= 0.6 is 0 Å². The lowest BCUT2D eigenvalue weighted by Crippen LogP contribution is -2.32. The zero-order chi connectivity index (χ0) is 12.6. The molecule has 1 atom stereocenters. The van der Waals surface area contributed by atoms with Crippen molar-refractivity contribution in [2.45, 2.75) is 12.5 Å². The third-order valence-corrected chi connectivity index (χ3v) is 2.60. The van der Waals surface area contributed by atoms with Crippen LogP contribution in [0.15, 0.2) is 18.3 Å². The van der Waals surface area contributed by atoms with Crippen molar-refractivity contribution in [2.24, 2.45) is 5.73 Å². The van der Waals surface area contributed by atoms with Gasteiger partial charge in [-0.25, -0.2) is 4.39 Å². The van der Waals surface area contributed by atoms with Crippen molar-refractivity contribution < 1.29 is 19.4 Å². The second-order valence-corrected chi connectivity index (χ2v) is 3.78. The molecule has 0 aliphatic rings. The van der Waals surface area contributed by atoms with Gasteiger partial charge in [-0.2, -0.15) is 0 Å². The second-order valence-electron chi connectivity index (χ2n) is 3.78. The molecule has 6 heteroatoms. The molecule has 0 fully saturated rings. The highest BCUT2D eigenvalue weighted by Crippen LogP contribution is 2.28. The number of aromatic amines is 1. The summed E-state index contributed by atoms with van der Waals surface area (Å²) in [6.45, 7) is 0. The van der Waals surface area contributed by atoms with Gasteiger partial charge in [-0.15, -0.1) is 0 Å². The smallest absolute Gasteiger partial charge is 0.320 e. The highest BCUT2D eigenvalue weighted by molar-refractivity contribution is 5.86. The quantitative estimate of drug-likeness (QED) is 0.640. The van der Waals surface area contributed by atoms with E-state index in [4.69, 9.17) is 10.8 Å². The lowest BCUT2D eigenvalue weighted by molar-refractivity contribution is -0.138. The van der Waals surface area contributed by atoms with Crippen LogP contribution in [0, 0.1) is 5.82 Å². The largest absolute Gasteiger partial charge is 0.505 e. The molecule has 0 spiro atoms. The van der Waals surface area contributed by atoms with Gasteiger partial charge in [0.25, 0.3) is 0 Å². The summed E-state index contributed by atoms with van der Waals surface area (Å²) in [4.78, 5) is 13.4. The molecule has 1 heterocycles. The first-order chi connectivity index (χ1) is 8.00. The van der Waals surface area contributed by atoms with E-state index < -0.39 is 23.6 Å². The van der Waals surface area contributed by atoms with Gasteiger partial charge < -0.3 is 20.9 Å². The number of aromatic hydroxyl groups is 1. The fourth-order valence-electron chi connectivity index (χ4n) is 1.72. The van der Waals surface area contributed by atoms with Crippen LogP contribution < -0.4 is 5.73 Å². The van der Waals surface area contributed by atoms with Crippen LogP contribution in [0.2, 0.25) is 0 Å². The summed E-state index contributed by atoms with van der Waals surface area (Å²) in [6.07, 6.45) is 1.49. The Kier molecular flexibility index (Phi) is 2.72. The van der Waals surface area contributed by atoms with Crippen LogP contribution in [-0.4, -0.2) is 27.2 Å². The van der Waals surface area contributed by atoms with E-state index in [0.717, 1.165) is 0 Å². The Morgan fingerprint density at radius 1 is 1.53 bits per heavy atom. The van der Waals surface area contributed by atoms with Gasteiger partial charge in [-0.05, 0) is 17.7 Å². The van der Waals surface area contributed by atoms with Crippen molar-refractivity contribution in [3.8, 4) is 5.75 Å². The van der Waals surface area contributed by atoms with Crippen LogP contribution in [0.1, 0.15) is 5.56 Å². The molecule has 2 aromatic rings. The number of hydrogen-bond acceptors (Lipinski definition) is 3. The van der Waals surface area contributed by atoms with Crippen molar-refractivity contribution in [1.82, 2.24) is 4.98 Å². The Bertz CT molecular complexity index is 579. The fourth-order valence-corrected chi connectivity index (χ4v) is 1.72. The first kappa shape index (κ1) is 11.4. The minimum Gasteiger partial charge on any atom is -0.505 e. The molecule has 0 aliphatic carbocycles. The fraction of sp³-hybridized carbons (Fsp3) is 0.182. The van der Waals surface area contributed by atoms with Crippen LogP contribution in [-0.2, 0) is 11.2 Å². The SMILES string of the molecule is NC(Cc1c[nH]c2ccc(O)c(F)c12)C(=O)O. The van der Waals surface area contributed by atoms with Gasteiger partial charge in [-0.3, -0.25) is 4.79 Å². The van der Waals surface area contributed by atoms with Crippen molar-refractivity contribution >= 4 is 16.9 Å². The molecule has 1 aromatic heterocycles. The number of H-pyrrole nitrogens is 1. The molecular weight excluding hydrogens is 227 g/mol. The molecule has 0 aliphatic heterocycles. The average Bonchev–Trinajstić information content (AvgIpc) is 2.67. The van der Waals surface area contributed by atoms with Gasteiger partial charge in [0.1, 0.15) is 6.04 Å². The number of phenols is 1. The number of aliphatic carboxylic acids is 1. The number of fused-ring (bicyclic) bond motifs is 1. The molecule has 5 nitrogen and oxygen atoms in total. The predicted octanol–water partition coefficient (Wildman–Crippen LogP) is 0.967. The molecule has 90 valence electrons. The minimum atomic E-state index is -1.15. The standard InChI is InChI=1S/C11H11FN2O3/c12-10-8(15)2-1-7-9(10)5(4-14-7)3-6(13)11(16)17/h1-2,4,6,14-15H,3,13H2,(H,16,17). The lowest BCUT2D eigenvalue weighted by atomic mass is 10.1. The number of nitrogens with two attached hydrogens (primary N) is 1. The van der Waals surface area contributed by atoms with Crippen LogP contribution in [0.25, 0.3) is 10.9 Å². The third kappa shape index (κ3) is 1.94. The zero-order valence-electron chi connectivity index (χ0n) is 8.77. The minimum absolute atomic E-state index is 0.00426. The van der Waals surface area contributed by atoms with E-state index in [0.29, 0.717) is 11.1 Å². The second kappa shape index (κ2) is 4.06. The molecule has 0 amide bonds. The molecule has 0 radical (unpaired) electrons. The van der Waals surface area contributed by atoms with Gasteiger partial charge in [0, 0.05) is 23.5 Å². The number of aromatic nitrogens is 1. The Balaban J connectivity index is 2.48. The monoisotopic (exact) mass is 238 g/mol. The number of carbonyl (C=O) groups is 1. The molecule has 1 unspecified atom stereocenters. The molecule has 0 bridgehead atoms. The number of carboxylic acid groups (broad SMARTS) is 1. The topological polar surface area (TPSA) is 99.3 Å². The van der Waals surface area contributed by atoms with Gasteiger partial charge in [-0.1, -0.05) is 0 Å². The molecule has 0 saturated carbocycles. The summed E-state index contributed by atoms with van der Waals surface area (Å²) < 4.78 is 13.7. The van der Waals surface area contributed by atoms with Crippen molar-refractivity contribution in [2.75, 3.05) is 0 Å². The number of phenolic OH excluding ortho intramolecular Hbond substituents is 1. The highest BCUT2D eigenvalue weighted by atomic mass is 19.1. The molecule has 17 heavy (non-hydrogen) atoms. The predicted molar refractivity (Wildman–Crippen MR) is 59.2 cm³/mol. The maximum atomic E-state index is 13.7. The Morgan fingerprint density at radius 2 is 2.24 bits per heavy atom. The van der Waals surface area contributed by atoms with Gasteiger partial charge in [0.15, 0.2) is 11.6 Å². The first-order valence-corrected chi connectivity index (χ1v) is 4.96. The maximum Gasteiger partial charge on any atom is 0.320 e. The van der Waals surface area contributed by atoms with Gasteiger partial charge >= 0.3 is 5.97 Å². The lowest BCUT2D eigenvalue weighted by Gasteiger charge is -2.05. The van der Waals surface area contributed by atoms with E-state index in [2.05, 4.69) is 4.98 Å². The van der Waals surface area contributed by atoms with Crippen LogP contribution in [0.5, 0.6) is 5.75 Å². The van der Waals surface area contributed by atoms with E-state index >= 15 is 0 Å². The molecule has 0 saturated heterocycles. The summed E-state index contributed by atoms with van der Waals surface area (Å²) in [5, 5.41) is 18.1. The summed E-state index contributed by atoms with van der Waals surface area (Å²) >= 11 is 0. The normalized spacial score (nSPS) is 12.8. The molecule has 5 N–H and O–H groups in total. The summed E-state index contributed by atoms with van der Waals surface area (Å²) in [7, 11) is 0. The van der Waals surface area contributed by atoms with E-state index in [1.54, 1.807) is 0 Å². The Labute approximate surface area is 95.7 Å². The van der Waals surface area contributed by atoms with Crippen LogP contribution in [0.4, 0.5) is 4.39 Å². The first-order valence-electron chi connectivity index (χ1n) is 4.96. The average molecular weight is 238 g/mol. The van der Waals surface area contributed by atoms with Crippen LogP contribution in [0.3, 0.4) is 0 Å². The number of benzene rings is 1. The summed E-state index contributed by atoms with van der Waals surface area (Å²) in [6, 6.07) is 1.65. The number of carboxylic acids is 1. The number of nitrogens with one attached hydrogen (secondary N) is 1.